The van der Waals surface area contributed by atoms with Gasteiger partial charge in [0, 0.05) is 17.1 Å². The van der Waals surface area contributed by atoms with E-state index in [4.69, 9.17) is 0 Å². The molecular weight excluding hydrogens is 290 g/mol. The van der Waals surface area contributed by atoms with Crippen LogP contribution in [0.5, 0.6) is 0 Å². The molecule has 1 aromatic rings. The third-order valence-corrected chi connectivity index (χ3v) is 4.46. The Bertz CT molecular complexity index is 365. The summed E-state index contributed by atoms with van der Waals surface area (Å²) in [5.41, 5.74) is 1.36. The summed E-state index contributed by atoms with van der Waals surface area (Å²) in [5, 5.41) is 10.0. The van der Waals surface area contributed by atoms with Crippen LogP contribution in [0, 0.1) is 0 Å². The highest BCUT2D eigenvalue weighted by molar-refractivity contribution is 9.10. The van der Waals surface area contributed by atoms with Crippen molar-refractivity contribution in [2.75, 3.05) is 13.6 Å². The van der Waals surface area contributed by atoms with Crippen molar-refractivity contribution in [1.29, 1.82) is 0 Å². The number of rotatable bonds is 4. The fraction of sp³-hybridized carbons (Fsp3) is 0.600. The summed E-state index contributed by atoms with van der Waals surface area (Å²) in [7, 11) is 2.14. The summed E-state index contributed by atoms with van der Waals surface area (Å²) < 4.78 is 1.13. The van der Waals surface area contributed by atoms with Gasteiger partial charge in [0.05, 0.1) is 6.10 Å². The second-order valence-electron chi connectivity index (χ2n) is 5.28. The average Bonchev–Trinajstić information content (AvgIpc) is 2.38. The molecule has 0 heterocycles. The molecular formula is C15H22BrNO. The minimum atomic E-state index is -0.131. The molecule has 2 atom stereocenters. The molecule has 0 bridgehead atoms. The topological polar surface area (TPSA) is 23.5 Å². The van der Waals surface area contributed by atoms with Crippen LogP contribution < -0.4 is 0 Å². The highest BCUT2D eigenvalue weighted by Gasteiger charge is 2.25. The van der Waals surface area contributed by atoms with E-state index < -0.39 is 0 Å². The third-order valence-electron chi connectivity index (χ3n) is 3.93. The first kappa shape index (κ1) is 14.0. The Hall–Kier alpha value is -0.380. The third kappa shape index (κ3) is 3.81. The molecule has 2 nitrogen and oxygen atoms in total. The van der Waals surface area contributed by atoms with Gasteiger partial charge in [-0.3, -0.25) is 0 Å². The van der Waals surface area contributed by atoms with E-state index in [1.165, 1.54) is 18.4 Å². The molecule has 1 aliphatic carbocycles. The molecule has 0 aliphatic heterocycles. The van der Waals surface area contributed by atoms with E-state index in [1.54, 1.807) is 0 Å². The molecule has 3 heteroatoms. The lowest BCUT2D eigenvalue weighted by atomic mass is 9.91. The number of halogens is 1. The van der Waals surface area contributed by atoms with Gasteiger partial charge in [-0.05, 0) is 44.0 Å². The van der Waals surface area contributed by atoms with Gasteiger partial charge in [-0.2, -0.15) is 0 Å². The van der Waals surface area contributed by atoms with Crippen molar-refractivity contribution < 1.29 is 5.11 Å². The van der Waals surface area contributed by atoms with Gasteiger partial charge < -0.3 is 10.0 Å². The summed E-state index contributed by atoms with van der Waals surface area (Å²) in [4.78, 5) is 2.33. The van der Waals surface area contributed by atoms with E-state index >= 15 is 0 Å². The van der Waals surface area contributed by atoms with Crippen molar-refractivity contribution in [2.45, 2.75) is 44.2 Å². The fourth-order valence-corrected chi connectivity index (χ4v) is 2.99. The summed E-state index contributed by atoms with van der Waals surface area (Å²) >= 11 is 3.45. The molecule has 1 aliphatic rings. The van der Waals surface area contributed by atoms with Gasteiger partial charge in [0.25, 0.3) is 0 Å². The van der Waals surface area contributed by atoms with E-state index in [0.717, 1.165) is 30.3 Å². The van der Waals surface area contributed by atoms with E-state index in [-0.39, 0.29) is 6.10 Å². The Kier molecular flexibility index (Phi) is 5.22. The van der Waals surface area contributed by atoms with Crippen LogP contribution in [0.1, 0.15) is 31.2 Å². The Labute approximate surface area is 118 Å². The first-order valence-electron chi connectivity index (χ1n) is 6.79. The van der Waals surface area contributed by atoms with Crippen molar-refractivity contribution in [3.05, 3.63) is 34.3 Å². The largest absolute Gasteiger partial charge is 0.391 e. The van der Waals surface area contributed by atoms with Crippen LogP contribution in [0.2, 0.25) is 0 Å². The lowest BCUT2D eigenvalue weighted by Gasteiger charge is -2.35. The van der Waals surface area contributed by atoms with Gasteiger partial charge in [0.1, 0.15) is 0 Å². The first-order valence-corrected chi connectivity index (χ1v) is 7.59. The summed E-state index contributed by atoms with van der Waals surface area (Å²) in [5.74, 6) is 0. The Morgan fingerprint density at radius 3 is 2.56 bits per heavy atom. The summed E-state index contributed by atoms with van der Waals surface area (Å²) in [6.07, 6.45) is 5.45. The molecule has 1 N–H and O–H groups in total. The van der Waals surface area contributed by atoms with Crippen LogP contribution in [0.4, 0.5) is 0 Å². The van der Waals surface area contributed by atoms with Crippen LogP contribution in [0.25, 0.3) is 0 Å². The maximum Gasteiger partial charge on any atom is 0.0695 e. The monoisotopic (exact) mass is 311 g/mol. The van der Waals surface area contributed by atoms with E-state index in [9.17, 15) is 5.11 Å². The van der Waals surface area contributed by atoms with Crippen LogP contribution in [-0.4, -0.2) is 35.7 Å². The standard InChI is InChI=1S/C15H22BrNO/c1-17(14-4-2-3-5-15(14)18)11-10-12-6-8-13(16)9-7-12/h6-9,14-15,18H,2-5,10-11H2,1H3/t14-,15-/m1/s1. The van der Waals surface area contributed by atoms with E-state index in [1.807, 2.05) is 0 Å². The minimum Gasteiger partial charge on any atom is -0.391 e. The first-order chi connectivity index (χ1) is 8.66. The van der Waals surface area contributed by atoms with Crippen LogP contribution in [0.3, 0.4) is 0 Å². The zero-order valence-corrected chi connectivity index (χ0v) is 12.6. The molecule has 0 unspecified atom stereocenters. The second kappa shape index (κ2) is 6.69. The molecule has 18 heavy (non-hydrogen) atoms. The smallest absolute Gasteiger partial charge is 0.0695 e. The molecule has 1 saturated carbocycles. The minimum absolute atomic E-state index is 0.131. The quantitative estimate of drug-likeness (QED) is 0.923. The molecule has 1 fully saturated rings. The second-order valence-corrected chi connectivity index (χ2v) is 6.19. The molecule has 1 aromatic carbocycles. The highest BCUT2D eigenvalue weighted by atomic mass is 79.9. The maximum atomic E-state index is 10.0. The van der Waals surface area contributed by atoms with Gasteiger partial charge in [-0.25, -0.2) is 0 Å². The number of aliphatic hydroxyl groups excluding tert-OH is 1. The predicted octanol–water partition coefficient (Wildman–Crippen LogP) is 3.23. The molecule has 0 spiro atoms. The highest BCUT2D eigenvalue weighted by Crippen LogP contribution is 2.22. The van der Waals surface area contributed by atoms with Crippen molar-refractivity contribution in [1.82, 2.24) is 4.90 Å². The van der Waals surface area contributed by atoms with Gasteiger partial charge in [-0.1, -0.05) is 40.9 Å². The van der Waals surface area contributed by atoms with Crippen molar-refractivity contribution in [3.63, 3.8) is 0 Å². The lowest BCUT2D eigenvalue weighted by molar-refractivity contribution is 0.0327. The zero-order valence-electron chi connectivity index (χ0n) is 11.0. The van der Waals surface area contributed by atoms with Crippen LogP contribution >= 0.6 is 15.9 Å². The van der Waals surface area contributed by atoms with Gasteiger partial charge in [0.15, 0.2) is 0 Å². The number of aliphatic hydroxyl groups is 1. The zero-order chi connectivity index (χ0) is 13.0. The molecule has 0 radical (unpaired) electrons. The van der Waals surface area contributed by atoms with Crippen molar-refractivity contribution in [2.24, 2.45) is 0 Å². The number of hydrogen-bond acceptors (Lipinski definition) is 2. The van der Waals surface area contributed by atoms with Gasteiger partial charge >= 0.3 is 0 Å². The Morgan fingerprint density at radius 1 is 1.22 bits per heavy atom. The van der Waals surface area contributed by atoms with Gasteiger partial charge in [0.2, 0.25) is 0 Å². The van der Waals surface area contributed by atoms with Crippen LogP contribution in [-0.2, 0) is 6.42 Å². The lowest BCUT2D eigenvalue weighted by Crippen LogP contribution is -2.44. The molecule has 0 aromatic heterocycles. The number of benzene rings is 1. The molecule has 100 valence electrons. The molecule has 0 saturated heterocycles. The Morgan fingerprint density at radius 2 is 1.89 bits per heavy atom. The number of nitrogens with zero attached hydrogens (tertiary/aromatic N) is 1. The van der Waals surface area contributed by atoms with Crippen molar-refractivity contribution in [3.8, 4) is 0 Å². The van der Waals surface area contributed by atoms with Gasteiger partial charge in [-0.15, -0.1) is 0 Å². The maximum absolute atomic E-state index is 10.0. The normalized spacial score (nSPS) is 24.4. The predicted molar refractivity (Wildman–Crippen MR) is 78.7 cm³/mol. The molecule has 0 amide bonds. The summed E-state index contributed by atoms with van der Waals surface area (Å²) in [6.45, 7) is 1.02. The van der Waals surface area contributed by atoms with Crippen LogP contribution in [0.15, 0.2) is 28.7 Å². The fourth-order valence-electron chi connectivity index (χ4n) is 2.73. The number of likely N-dealkylation sites (N-methyl/N-ethyl adjacent to an activating group) is 1. The van der Waals surface area contributed by atoms with Crippen molar-refractivity contribution >= 4 is 15.9 Å². The van der Waals surface area contributed by atoms with E-state index in [2.05, 4.69) is 52.1 Å². The number of hydrogen-bond donors (Lipinski definition) is 1. The SMILES string of the molecule is CN(CCc1ccc(Br)cc1)[C@@H]1CCCC[C@H]1O. The van der Waals surface area contributed by atoms with E-state index in [0.29, 0.717) is 6.04 Å². The Balaban J connectivity index is 1.83. The molecule has 2 rings (SSSR count). The average molecular weight is 312 g/mol. The summed E-state index contributed by atoms with van der Waals surface area (Å²) in [6, 6.07) is 8.86.